The van der Waals surface area contributed by atoms with Crippen LogP contribution in [0.2, 0.25) is 0 Å². The summed E-state index contributed by atoms with van der Waals surface area (Å²) in [5, 5.41) is 3.11. The van der Waals surface area contributed by atoms with Gasteiger partial charge in [0.2, 0.25) is 0 Å². The number of hydrogen-bond donors (Lipinski definition) is 1. The van der Waals surface area contributed by atoms with Gasteiger partial charge in [-0.25, -0.2) is 0 Å². The molecule has 0 heterocycles. The second-order valence-corrected chi connectivity index (χ2v) is 0.957. The summed E-state index contributed by atoms with van der Waals surface area (Å²) < 4.78 is 0. The predicted molar refractivity (Wildman–Crippen MR) is 25.6 cm³/mol. The van der Waals surface area contributed by atoms with Gasteiger partial charge in [-0.15, -0.1) is 0 Å². The maximum atomic E-state index is 3.11. The van der Waals surface area contributed by atoms with Gasteiger partial charge < -0.3 is 5.32 Å². The Hall–Kier alpha value is 0.843. The molecule has 0 aliphatic carbocycles. The first-order chi connectivity index (χ1) is 2.41. The Morgan fingerprint density at radius 1 is 1.17 bits per heavy atom. The molecule has 0 bridgehead atoms. The molecule has 0 fully saturated rings. The number of rotatable bonds is 2. The summed E-state index contributed by atoms with van der Waals surface area (Å²) in [6.45, 7) is 6.39. The van der Waals surface area contributed by atoms with Gasteiger partial charge in [0.15, 0.2) is 0 Å². The summed E-state index contributed by atoms with van der Waals surface area (Å²) in [7, 11) is 0. The van der Waals surface area contributed by atoms with Gasteiger partial charge >= 0.3 is 26.2 Å². The van der Waals surface area contributed by atoms with E-state index in [2.05, 4.69) is 19.2 Å². The third-order valence-electron chi connectivity index (χ3n) is 0.500. The molecule has 0 aromatic rings. The van der Waals surface area contributed by atoms with Gasteiger partial charge in [-0.1, -0.05) is 13.8 Å². The van der Waals surface area contributed by atoms with Gasteiger partial charge in [0.25, 0.3) is 0 Å². The molecule has 0 unspecified atom stereocenters. The van der Waals surface area contributed by atoms with E-state index in [4.69, 9.17) is 0 Å². The monoisotopic (exact) mass is 284 g/mol. The summed E-state index contributed by atoms with van der Waals surface area (Å²) in [6, 6.07) is 0. The molecular formula is C4H12AtN. The van der Waals surface area contributed by atoms with Crippen LogP contribution in [0.1, 0.15) is 13.8 Å². The molecule has 0 saturated heterocycles. The average molecular weight is 284 g/mol. The fourth-order valence-electron chi connectivity index (χ4n) is 0.250. The summed E-state index contributed by atoms with van der Waals surface area (Å²) in [5.74, 6) is 0. The Morgan fingerprint density at radius 3 is 1.50 bits per heavy atom. The van der Waals surface area contributed by atoms with Crippen LogP contribution in [0.25, 0.3) is 0 Å². The van der Waals surface area contributed by atoms with Crippen LogP contribution in [0.4, 0.5) is 0 Å². The molecule has 6 heavy (non-hydrogen) atoms. The molecule has 0 saturated carbocycles. The molecule has 0 amide bonds. The van der Waals surface area contributed by atoms with Crippen LogP contribution in [-0.2, 0) is 0 Å². The summed E-state index contributed by atoms with van der Waals surface area (Å²) >= 11 is 0. The maximum absolute atomic E-state index is 3.11. The fourth-order valence-corrected chi connectivity index (χ4v) is 0.250. The van der Waals surface area contributed by atoms with Crippen molar-refractivity contribution < 1.29 is 26.2 Å². The van der Waals surface area contributed by atoms with E-state index in [0.717, 1.165) is 13.1 Å². The Balaban J connectivity index is 0. The summed E-state index contributed by atoms with van der Waals surface area (Å²) in [4.78, 5) is 0. The SMILES string of the molecule is CCNCC.[AtH]. The van der Waals surface area contributed by atoms with Crippen LogP contribution in [0.3, 0.4) is 0 Å². The summed E-state index contributed by atoms with van der Waals surface area (Å²) in [6.07, 6.45) is 0. The van der Waals surface area contributed by atoms with E-state index in [1.54, 1.807) is 0 Å². The number of nitrogens with one attached hydrogen (secondary N) is 1. The van der Waals surface area contributed by atoms with Gasteiger partial charge in [0, 0.05) is 0 Å². The van der Waals surface area contributed by atoms with Gasteiger partial charge in [-0.05, 0) is 13.1 Å². The Kier molecular flexibility index (Phi) is 15.4. The molecule has 0 atom stereocenters. The van der Waals surface area contributed by atoms with Crippen LogP contribution in [0.5, 0.6) is 0 Å². The van der Waals surface area contributed by atoms with Crippen molar-refractivity contribution in [3.63, 3.8) is 0 Å². The zero-order chi connectivity index (χ0) is 4.12. The molecular weight excluding hydrogens is 272 g/mol. The zero-order valence-corrected chi connectivity index (χ0v) is 7.50. The van der Waals surface area contributed by atoms with E-state index >= 15 is 0 Å². The van der Waals surface area contributed by atoms with Crippen molar-refractivity contribution in [3.8, 4) is 0 Å². The Bertz CT molecular complexity index is 15.0. The van der Waals surface area contributed by atoms with E-state index in [9.17, 15) is 0 Å². The second-order valence-electron chi connectivity index (χ2n) is 0.957. The van der Waals surface area contributed by atoms with E-state index in [1.165, 1.54) is 0 Å². The van der Waals surface area contributed by atoms with Crippen LogP contribution < -0.4 is 5.32 Å². The molecule has 1 N–H and O–H groups in total. The van der Waals surface area contributed by atoms with Gasteiger partial charge in [0.05, 0.1) is 0 Å². The van der Waals surface area contributed by atoms with Crippen molar-refractivity contribution in [2.24, 2.45) is 0 Å². The normalized spacial score (nSPS) is 7.00. The Morgan fingerprint density at radius 2 is 1.50 bits per heavy atom. The molecule has 0 aromatic carbocycles. The predicted octanol–water partition coefficient (Wildman–Crippen LogP) is 0.348. The van der Waals surface area contributed by atoms with E-state index in [0.29, 0.717) is 0 Å². The standard InChI is InChI=1S/C4H11N.AtH/c1-3-5-4-2;/h5H,3-4H2,1-2H3;1H. The number of hydrogen-bond acceptors (Lipinski definition) is 1. The fraction of sp³-hybridized carbons (Fsp3) is 1.00. The summed E-state index contributed by atoms with van der Waals surface area (Å²) in [5.41, 5.74) is 0. The molecule has 2 heteroatoms. The first-order valence-electron chi connectivity index (χ1n) is 2.12. The van der Waals surface area contributed by atoms with Crippen LogP contribution in [0.15, 0.2) is 0 Å². The van der Waals surface area contributed by atoms with Crippen molar-refractivity contribution >= 4 is 0 Å². The Labute approximate surface area is 58.6 Å². The molecule has 0 aliphatic heterocycles. The minimum absolute atomic E-state index is 0. The molecule has 0 rings (SSSR count). The molecule has 0 aliphatic rings. The first kappa shape index (κ1) is 9.96. The van der Waals surface area contributed by atoms with Crippen LogP contribution in [0, 0.1) is 26.2 Å². The minimum atomic E-state index is 0. The van der Waals surface area contributed by atoms with Crippen molar-refractivity contribution in [2.45, 2.75) is 13.8 Å². The first-order valence-corrected chi connectivity index (χ1v) is 2.12. The average Bonchev–Trinajstić information content (AvgIpc) is 1.41. The molecule has 0 spiro atoms. The topological polar surface area (TPSA) is 12.0 Å². The van der Waals surface area contributed by atoms with Crippen molar-refractivity contribution in [3.05, 3.63) is 0 Å². The zero-order valence-electron chi connectivity index (χ0n) is 4.32. The van der Waals surface area contributed by atoms with Crippen molar-refractivity contribution in [2.75, 3.05) is 13.1 Å². The van der Waals surface area contributed by atoms with E-state index < -0.39 is 0 Å². The molecule has 40 valence electrons. The van der Waals surface area contributed by atoms with Crippen molar-refractivity contribution in [1.29, 1.82) is 0 Å². The molecule has 1 nitrogen and oxygen atoms in total. The van der Waals surface area contributed by atoms with Gasteiger partial charge in [-0.2, -0.15) is 0 Å². The second kappa shape index (κ2) is 9.28. The van der Waals surface area contributed by atoms with Crippen LogP contribution in [-0.4, -0.2) is 13.1 Å². The van der Waals surface area contributed by atoms with E-state index in [-0.39, 0.29) is 26.2 Å². The van der Waals surface area contributed by atoms with E-state index in [1.807, 2.05) is 0 Å². The third-order valence-corrected chi connectivity index (χ3v) is 0.500. The molecule has 0 radical (unpaired) electrons. The van der Waals surface area contributed by atoms with Crippen LogP contribution >= 0.6 is 0 Å². The molecule has 0 aromatic heterocycles. The third kappa shape index (κ3) is 8.85. The quantitative estimate of drug-likeness (QED) is 0.771. The van der Waals surface area contributed by atoms with Gasteiger partial charge in [0.1, 0.15) is 0 Å². The van der Waals surface area contributed by atoms with Crippen molar-refractivity contribution in [1.82, 2.24) is 5.32 Å². The van der Waals surface area contributed by atoms with Gasteiger partial charge in [-0.3, -0.25) is 0 Å².